The zero-order valence-electron chi connectivity index (χ0n) is 13.2. The summed E-state index contributed by atoms with van der Waals surface area (Å²) in [5.41, 5.74) is 7.50. The van der Waals surface area contributed by atoms with Crippen molar-refractivity contribution >= 4 is 11.6 Å². The summed E-state index contributed by atoms with van der Waals surface area (Å²) in [6, 6.07) is 7.94. The zero-order chi connectivity index (χ0) is 15.4. The van der Waals surface area contributed by atoms with Gasteiger partial charge in [-0.2, -0.15) is 0 Å². The van der Waals surface area contributed by atoms with E-state index in [1.165, 1.54) is 0 Å². The van der Waals surface area contributed by atoms with Gasteiger partial charge in [-0.15, -0.1) is 0 Å². The van der Waals surface area contributed by atoms with Crippen LogP contribution in [0.3, 0.4) is 0 Å². The van der Waals surface area contributed by atoms with Crippen molar-refractivity contribution in [3.63, 3.8) is 0 Å². The van der Waals surface area contributed by atoms with Crippen molar-refractivity contribution in [2.75, 3.05) is 32.0 Å². The number of piperazine rings is 1. The predicted molar refractivity (Wildman–Crippen MR) is 86.1 cm³/mol. The van der Waals surface area contributed by atoms with E-state index in [0.717, 1.165) is 30.9 Å². The van der Waals surface area contributed by atoms with Gasteiger partial charge in [-0.25, -0.2) is 0 Å². The minimum Gasteiger partial charge on any atom is -0.326 e. The number of carbonyl (C=O) groups is 1. The molecule has 2 rings (SSSR count). The Hall–Kier alpha value is -1.43. The van der Waals surface area contributed by atoms with E-state index in [-0.39, 0.29) is 11.9 Å². The number of amides is 1. The monoisotopic (exact) mass is 290 g/mol. The molecule has 1 aliphatic rings. The van der Waals surface area contributed by atoms with Gasteiger partial charge < -0.3 is 16.0 Å². The van der Waals surface area contributed by atoms with Crippen LogP contribution in [-0.2, 0) is 11.3 Å². The summed E-state index contributed by atoms with van der Waals surface area (Å²) in [7, 11) is 2.12. The van der Waals surface area contributed by atoms with E-state index in [9.17, 15) is 4.79 Å². The molecule has 1 aromatic rings. The van der Waals surface area contributed by atoms with Crippen LogP contribution in [0.5, 0.6) is 0 Å². The fraction of sp³-hybridized carbons (Fsp3) is 0.562. The SMILES string of the molecule is CC1CN(C)CCN1C(C)C(=O)Nc1ccccc1CN. The number of nitrogens with one attached hydrogen (secondary N) is 1. The number of nitrogens with zero attached hydrogens (tertiary/aromatic N) is 2. The average Bonchev–Trinajstić information content (AvgIpc) is 2.47. The van der Waals surface area contributed by atoms with Gasteiger partial charge in [-0.05, 0) is 32.5 Å². The lowest BCUT2D eigenvalue weighted by molar-refractivity contribution is -0.122. The molecule has 1 amide bonds. The third-order valence-electron chi connectivity index (χ3n) is 4.25. The summed E-state index contributed by atoms with van der Waals surface area (Å²) >= 11 is 0. The maximum atomic E-state index is 12.5. The summed E-state index contributed by atoms with van der Waals surface area (Å²) in [6.45, 7) is 7.49. The van der Waals surface area contributed by atoms with Gasteiger partial charge in [0, 0.05) is 37.9 Å². The molecule has 2 atom stereocenters. The molecule has 3 N–H and O–H groups in total. The number of carbonyl (C=O) groups excluding carboxylic acids is 1. The number of hydrogen-bond donors (Lipinski definition) is 2. The van der Waals surface area contributed by atoms with Crippen LogP contribution in [0.4, 0.5) is 5.69 Å². The molecule has 0 bridgehead atoms. The number of hydrogen-bond acceptors (Lipinski definition) is 4. The zero-order valence-corrected chi connectivity index (χ0v) is 13.2. The van der Waals surface area contributed by atoms with Crippen LogP contribution in [0.15, 0.2) is 24.3 Å². The molecule has 1 saturated heterocycles. The number of rotatable bonds is 4. The maximum absolute atomic E-state index is 12.5. The van der Waals surface area contributed by atoms with E-state index in [2.05, 4.69) is 29.1 Å². The number of nitrogens with two attached hydrogens (primary N) is 1. The first-order chi connectivity index (χ1) is 10.0. The molecule has 0 aliphatic carbocycles. The third kappa shape index (κ3) is 3.81. The van der Waals surface area contributed by atoms with E-state index in [0.29, 0.717) is 12.6 Å². The lowest BCUT2D eigenvalue weighted by atomic mass is 10.1. The summed E-state index contributed by atoms with van der Waals surface area (Å²) < 4.78 is 0. The van der Waals surface area contributed by atoms with E-state index >= 15 is 0 Å². The van der Waals surface area contributed by atoms with Crippen LogP contribution in [0.25, 0.3) is 0 Å². The van der Waals surface area contributed by atoms with Crippen molar-refractivity contribution in [3.8, 4) is 0 Å². The quantitative estimate of drug-likeness (QED) is 0.872. The number of para-hydroxylation sites is 1. The van der Waals surface area contributed by atoms with Crippen LogP contribution in [0, 0.1) is 0 Å². The van der Waals surface area contributed by atoms with Crippen molar-refractivity contribution in [2.24, 2.45) is 5.73 Å². The van der Waals surface area contributed by atoms with Crippen molar-refractivity contribution < 1.29 is 4.79 Å². The molecule has 116 valence electrons. The summed E-state index contributed by atoms with van der Waals surface area (Å²) in [5, 5.41) is 3.02. The van der Waals surface area contributed by atoms with Gasteiger partial charge >= 0.3 is 0 Å². The van der Waals surface area contributed by atoms with Gasteiger partial charge in [-0.1, -0.05) is 18.2 Å². The fourth-order valence-corrected chi connectivity index (χ4v) is 2.94. The Kier molecular flexibility index (Phi) is 5.33. The van der Waals surface area contributed by atoms with Gasteiger partial charge in [0.2, 0.25) is 5.91 Å². The molecule has 1 fully saturated rings. The van der Waals surface area contributed by atoms with Crippen LogP contribution < -0.4 is 11.1 Å². The van der Waals surface area contributed by atoms with Gasteiger partial charge in [0.1, 0.15) is 0 Å². The smallest absolute Gasteiger partial charge is 0.241 e. The Morgan fingerprint density at radius 3 is 2.81 bits per heavy atom. The first-order valence-corrected chi connectivity index (χ1v) is 7.56. The molecule has 5 heteroatoms. The normalized spacial score (nSPS) is 22.0. The van der Waals surface area contributed by atoms with Crippen LogP contribution in [0.1, 0.15) is 19.4 Å². The largest absolute Gasteiger partial charge is 0.326 e. The second kappa shape index (κ2) is 7.02. The predicted octanol–water partition coefficient (Wildman–Crippen LogP) is 1.11. The average molecular weight is 290 g/mol. The second-order valence-corrected chi connectivity index (χ2v) is 5.88. The van der Waals surface area contributed by atoms with Gasteiger partial charge in [0.05, 0.1) is 6.04 Å². The molecular formula is C16H26N4O. The van der Waals surface area contributed by atoms with E-state index < -0.39 is 0 Å². The van der Waals surface area contributed by atoms with Gasteiger partial charge in [0.25, 0.3) is 0 Å². The second-order valence-electron chi connectivity index (χ2n) is 5.88. The Bertz CT molecular complexity index is 491. The highest BCUT2D eigenvalue weighted by molar-refractivity contribution is 5.95. The Morgan fingerprint density at radius 2 is 2.14 bits per heavy atom. The van der Waals surface area contributed by atoms with Crippen molar-refractivity contribution in [1.82, 2.24) is 9.80 Å². The van der Waals surface area contributed by atoms with Gasteiger partial charge in [0.15, 0.2) is 0 Å². The molecule has 5 nitrogen and oxygen atoms in total. The highest BCUT2D eigenvalue weighted by Gasteiger charge is 2.29. The Labute approximate surface area is 127 Å². The number of anilines is 1. The van der Waals surface area contributed by atoms with Crippen LogP contribution in [0.2, 0.25) is 0 Å². The topological polar surface area (TPSA) is 61.6 Å². The number of benzene rings is 1. The number of likely N-dealkylation sites (N-methyl/N-ethyl adjacent to an activating group) is 1. The van der Waals surface area contributed by atoms with Gasteiger partial charge in [-0.3, -0.25) is 9.69 Å². The first-order valence-electron chi connectivity index (χ1n) is 7.56. The summed E-state index contributed by atoms with van der Waals surface area (Å²) in [4.78, 5) is 17.1. The van der Waals surface area contributed by atoms with Crippen molar-refractivity contribution in [1.29, 1.82) is 0 Å². The summed E-state index contributed by atoms with van der Waals surface area (Å²) in [6.07, 6.45) is 0. The van der Waals surface area contributed by atoms with E-state index in [1.807, 2.05) is 31.2 Å². The highest BCUT2D eigenvalue weighted by atomic mass is 16.2. The van der Waals surface area contributed by atoms with E-state index in [1.54, 1.807) is 0 Å². The Balaban J connectivity index is 2.02. The molecular weight excluding hydrogens is 264 g/mol. The molecule has 2 unspecified atom stereocenters. The minimum absolute atomic E-state index is 0.0345. The molecule has 0 spiro atoms. The molecule has 1 aliphatic heterocycles. The molecule has 0 radical (unpaired) electrons. The lowest BCUT2D eigenvalue weighted by Gasteiger charge is -2.41. The standard InChI is InChI=1S/C16H26N4O/c1-12-11-19(3)8-9-20(12)13(2)16(21)18-15-7-5-4-6-14(15)10-17/h4-7,12-13H,8-11,17H2,1-3H3,(H,18,21). The third-order valence-corrected chi connectivity index (χ3v) is 4.25. The van der Waals surface area contributed by atoms with Crippen molar-refractivity contribution in [3.05, 3.63) is 29.8 Å². The molecule has 0 aromatic heterocycles. The Morgan fingerprint density at radius 1 is 1.43 bits per heavy atom. The summed E-state index contributed by atoms with van der Waals surface area (Å²) in [5.74, 6) is 0.0345. The first kappa shape index (κ1) is 15.9. The molecule has 0 saturated carbocycles. The van der Waals surface area contributed by atoms with E-state index in [4.69, 9.17) is 5.73 Å². The van der Waals surface area contributed by atoms with Crippen LogP contribution >= 0.6 is 0 Å². The minimum atomic E-state index is -0.139. The lowest BCUT2D eigenvalue weighted by Crippen LogP contribution is -2.56. The molecule has 1 aromatic carbocycles. The van der Waals surface area contributed by atoms with Crippen LogP contribution in [-0.4, -0.2) is 54.5 Å². The highest BCUT2D eigenvalue weighted by Crippen LogP contribution is 2.17. The maximum Gasteiger partial charge on any atom is 0.241 e. The molecule has 21 heavy (non-hydrogen) atoms. The fourth-order valence-electron chi connectivity index (χ4n) is 2.94. The molecule has 1 heterocycles. The van der Waals surface area contributed by atoms with Crippen molar-refractivity contribution in [2.45, 2.75) is 32.5 Å².